The smallest absolute Gasteiger partial charge is 0.321 e. The molecule has 288 valence electrons. The molecule has 0 heterocycles. The highest BCUT2D eigenvalue weighted by Gasteiger charge is 2.51. The van der Waals surface area contributed by atoms with Crippen LogP contribution in [0.5, 0.6) is 23.0 Å². The van der Waals surface area contributed by atoms with E-state index < -0.39 is 11.0 Å². The first-order valence-corrected chi connectivity index (χ1v) is 19.9. The van der Waals surface area contributed by atoms with Gasteiger partial charge in [-0.05, 0) is 131 Å². The van der Waals surface area contributed by atoms with Crippen LogP contribution >= 0.6 is 0 Å². The topological polar surface area (TPSA) is 71.1 Å². The fourth-order valence-corrected chi connectivity index (χ4v) is 7.43. The lowest BCUT2D eigenvalue weighted by atomic mass is 9.65. The van der Waals surface area contributed by atoms with Gasteiger partial charge in [0, 0.05) is 5.41 Å². The van der Waals surface area contributed by atoms with E-state index >= 15 is 0 Å². The lowest BCUT2D eigenvalue weighted by Gasteiger charge is -2.43. The number of hydrogen-bond donors (Lipinski definition) is 0. The average Bonchev–Trinajstić information content (AvgIpc) is 3.18. The molecule has 0 N–H and O–H groups in total. The molecule has 54 heavy (non-hydrogen) atoms. The SMILES string of the molecule is CCC(C)(C)Oc1ccc(C2(c3ccc(OC(=O)C(C)(CC)C(C)(CC)Oc4ccc(-c5ccc(OC(=O)C(C)C)cc5)cc4)cc3)CCCCC2)cc1. The van der Waals surface area contributed by atoms with Crippen molar-refractivity contribution in [2.45, 2.75) is 130 Å². The van der Waals surface area contributed by atoms with Gasteiger partial charge in [-0.3, -0.25) is 9.59 Å². The summed E-state index contributed by atoms with van der Waals surface area (Å²) in [5.41, 5.74) is 2.48. The van der Waals surface area contributed by atoms with Crippen LogP contribution in [0, 0.1) is 11.3 Å². The molecule has 6 heteroatoms. The van der Waals surface area contributed by atoms with Crippen molar-refractivity contribution in [2.75, 3.05) is 0 Å². The van der Waals surface area contributed by atoms with E-state index in [0.717, 1.165) is 36.1 Å². The Morgan fingerprint density at radius 2 is 1.02 bits per heavy atom. The van der Waals surface area contributed by atoms with Gasteiger partial charge in [0.1, 0.15) is 39.6 Å². The molecule has 0 aliphatic heterocycles. The molecule has 0 amide bonds. The number of carbonyl (C=O) groups excluding carboxylic acids is 2. The van der Waals surface area contributed by atoms with Gasteiger partial charge in [-0.1, -0.05) is 102 Å². The van der Waals surface area contributed by atoms with Gasteiger partial charge < -0.3 is 18.9 Å². The van der Waals surface area contributed by atoms with Crippen LogP contribution in [0.25, 0.3) is 11.1 Å². The van der Waals surface area contributed by atoms with Crippen molar-refractivity contribution in [1.29, 1.82) is 0 Å². The Morgan fingerprint density at radius 1 is 0.574 bits per heavy atom. The van der Waals surface area contributed by atoms with E-state index in [1.165, 1.54) is 30.4 Å². The summed E-state index contributed by atoms with van der Waals surface area (Å²) in [6, 6.07) is 32.2. The normalized spacial score (nSPS) is 16.5. The second-order valence-electron chi connectivity index (χ2n) is 16.3. The van der Waals surface area contributed by atoms with E-state index in [1.54, 1.807) is 12.1 Å². The maximum Gasteiger partial charge on any atom is 0.321 e. The Hall–Kier alpha value is -4.58. The summed E-state index contributed by atoms with van der Waals surface area (Å²) in [5.74, 6) is 1.87. The molecular weight excluding hydrogens is 673 g/mol. The Bertz CT molecular complexity index is 1830. The van der Waals surface area contributed by atoms with Crippen LogP contribution < -0.4 is 18.9 Å². The lowest BCUT2D eigenvalue weighted by Crippen LogP contribution is -2.54. The van der Waals surface area contributed by atoms with Crippen molar-refractivity contribution < 1.29 is 28.5 Å². The predicted octanol–water partition coefficient (Wildman–Crippen LogP) is 12.3. The zero-order valence-corrected chi connectivity index (χ0v) is 33.9. The highest BCUT2D eigenvalue weighted by Crippen LogP contribution is 2.46. The van der Waals surface area contributed by atoms with Gasteiger partial charge in [0.2, 0.25) is 0 Å². The van der Waals surface area contributed by atoms with Gasteiger partial charge >= 0.3 is 11.9 Å². The zero-order chi connectivity index (χ0) is 39.1. The molecule has 1 aliphatic carbocycles. The minimum absolute atomic E-state index is 0.0898. The summed E-state index contributed by atoms with van der Waals surface area (Å²) < 4.78 is 24.5. The van der Waals surface area contributed by atoms with E-state index in [1.807, 2.05) is 90.1 Å². The van der Waals surface area contributed by atoms with Crippen LogP contribution in [0.1, 0.15) is 125 Å². The standard InChI is InChI=1S/C48H60O6/c1-10-45(6,7)53-41-30-22-38(23-31-41)48(32-14-13-15-33-48)37-20-28-40(29-21-37)52-44(50)46(8,11-2)47(9,12-3)54-42-26-18-36(19-27-42)35-16-24-39(25-17-35)51-43(49)34(4)5/h16-31,34H,10-15,32-33H2,1-9H3. The molecular formula is C48H60O6. The minimum Gasteiger partial charge on any atom is -0.488 e. The number of ether oxygens (including phenoxy) is 4. The summed E-state index contributed by atoms with van der Waals surface area (Å²) in [6.07, 6.45) is 7.83. The van der Waals surface area contributed by atoms with Crippen molar-refractivity contribution >= 4 is 11.9 Å². The number of carbonyl (C=O) groups is 2. The molecule has 2 unspecified atom stereocenters. The molecule has 2 atom stereocenters. The molecule has 1 saturated carbocycles. The van der Waals surface area contributed by atoms with E-state index in [9.17, 15) is 9.59 Å². The van der Waals surface area contributed by atoms with Crippen LogP contribution in [0.2, 0.25) is 0 Å². The van der Waals surface area contributed by atoms with E-state index in [4.69, 9.17) is 18.9 Å². The zero-order valence-electron chi connectivity index (χ0n) is 33.9. The van der Waals surface area contributed by atoms with Gasteiger partial charge in [-0.2, -0.15) is 0 Å². The maximum absolute atomic E-state index is 14.1. The van der Waals surface area contributed by atoms with Gasteiger partial charge in [-0.15, -0.1) is 0 Å². The third-order valence-corrected chi connectivity index (χ3v) is 12.1. The highest BCUT2D eigenvalue weighted by atomic mass is 16.5. The van der Waals surface area contributed by atoms with Crippen LogP contribution in [-0.4, -0.2) is 23.1 Å². The van der Waals surface area contributed by atoms with Crippen LogP contribution in [0.15, 0.2) is 97.1 Å². The molecule has 0 spiro atoms. The first-order valence-electron chi connectivity index (χ1n) is 19.9. The largest absolute Gasteiger partial charge is 0.488 e. The first-order chi connectivity index (χ1) is 25.7. The molecule has 1 fully saturated rings. The molecule has 4 aromatic rings. The molecule has 4 aromatic carbocycles. The number of hydrogen-bond acceptors (Lipinski definition) is 6. The van der Waals surface area contributed by atoms with Crippen molar-refractivity contribution in [3.8, 4) is 34.1 Å². The van der Waals surface area contributed by atoms with Gasteiger partial charge in [0.25, 0.3) is 0 Å². The highest BCUT2D eigenvalue weighted by molar-refractivity contribution is 5.80. The Morgan fingerprint density at radius 3 is 1.48 bits per heavy atom. The first kappa shape index (κ1) is 40.6. The predicted molar refractivity (Wildman–Crippen MR) is 217 cm³/mol. The fraction of sp³-hybridized carbons (Fsp3) is 0.458. The fourth-order valence-electron chi connectivity index (χ4n) is 7.43. The number of rotatable bonds is 15. The summed E-state index contributed by atoms with van der Waals surface area (Å²) in [5, 5.41) is 0. The second-order valence-corrected chi connectivity index (χ2v) is 16.3. The van der Waals surface area contributed by atoms with E-state index in [-0.39, 0.29) is 28.9 Å². The van der Waals surface area contributed by atoms with Gasteiger partial charge in [0.05, 0.1) is 5.92 Å². The number of benzene rings is 4. The molecule has 0 aromatic heterocycles. The lowest BCUT2D eigenvalue weighted by molar-refractivity contribution is -0.159. The van der Waals surface area contributed by atoms with Crippen molar-refractivity contribution in [1.82, 2.24) is 0 Å². The van der Waals surface area contributed by atoms with E-state index in [0.29, 0.717) is 30.1 Å². The quantitative estimate of drug-likeness (QED) is 0.0895. The monoisotopic (exact) mass is 732 g/mol. The van der Waals surface area contributed by atoms with Crippen molar-refractivity contribution in [3.63, 3.8) is 0 Å². The van der Waals surface area contributed by atoms with Crippen LogP contribution in [0.3, 0.4) is 0 Å². The van der Waals surface area contributed by atoms with E-state index in [2.05, 4.69) is 57.2 Å². The summed E-state index contributed by atoms with van der Waals surface area (Å²) in [7, 11) is 0. The van der Waals surface area contributed by atoms with Gasteiger partial charge in [0.15, 0.2) is 0 Å². The van der Waals surface area contributed by atoms with Crippen molar-refractivity contribution in [3.05, 3.63) is 108 Å². The third kappa shape index (κ3) is 8.86. The average molecular weight is 733 g/mol. The summed E-state index contributed by atoms with van der Waals surface area (Å²) in [6.45, 7) is 18.0. The molecule has 1 aliphatic rings. The van der Waals surface area contributed by atoms with Crippen LogP contribution in [0.4, 0.5) is 0 Å². The summed E-state index contributed by atoms with van der Waals surface area (Å²) in [4.78, 5) is 26.1. The molecule has 0 radical (unpaired) electrons. The summed E-state index contributed by atoms with van der Waals surface area (Å²) >= 11 is 0. The molecule has 0 bridgehead atoms. The van der Waals surface area contributed by atoms with Crippen molar-refractivity contribution in [2.24, 2.45) is 11.3 Å². The number of esters is 2. The molecule has 0 saturated heterocycles. The molecule has 5 rings (SSSR count). The Balaban J connectivity index is 1.29. The van der Waals surface area contributed by atoms with Gasteiger partial charge in [-0.25, -0.2) is 0 Å². The second kappa shape index (κ2) is 16.8. The third-order valence-electron chi connectivity index (χ3n) is 12.1. The van der Waals surface area contributed by atoms with Crippen LogP contribution in [-0.2, 0) is 15.0 Å². The molecule has 6 nitrogen and oxygen atoms in total. The minimum atomic E-state index is -0.927. The Kier molecular flexibility index (Phi) is 12.7. The maximum atomic E-state index is 14.1. The Labute approximate surface area is 323 Å².